The Balaban J connectivity index is 1.18. The third kappa shape index (κ3) is 3.34. The molecule has 1 aromatic heterocycles. The highest BCUT2D eigenvalue weighted by atomic mass is 15.3. The summed E-state index contributed by atoms with van der Waals surface area (Å²) in [6.07, 6.45) is 9.82. The predicted molar refractivity (Wildman–Crippen MR) is 231 cm³/mol. The molecule has 5 heterocycles. The molecule has 4 atom stereocenters. The zero-order valence-corrected chi connectivity index (χ0v) is 32.2. The number of aromatic nitrogens is 1. The van der Waals surface area contributed by atoms with Gasteiger partial charge in [0.25, 0.3) is 6.71 Å². The van der Waals surface area contributed by atoms with Crippen LogP contribution < -0.4 is 26.2 Å². The number of rotatable bonds is 2. The van der Waals surface area contributed by atoms with E-state index in [0.717, 1.165) is 12.8 Å². The third-order valence-corrected chi connectivity index (χ3v) is 16.4. The van der Waals surface area contributed by atoms with Crippen LogP contribution in [0, 0.1) is 0 Å². The molecule has 6 aliphatic rings. The number of hydrogen-bond acceptors (Lipinski definition) is 2. The minimum Gasteiger partial charge on any atom is -0.335 e. The Morgan fingerprint density at radius 3 is 2.09 bits per heavy atom. The van der Waals surface area contributed by atoms with Gasteiger partial charge < -0.3 is 14.4 Å². The number of benzene rings is 6. The van der Waals surface area contributed by atoms with E-state index in [2.05, 4.69) is 163 Å². The first kappa shape index (κ1) is 31.0. The molecule has 55 heavy (non-hydrogen) atoms. The Labute approximate surface area is 324 Å². The molecule has 0 amide bonds. The first-order valence-corrected chi connectivity index (χ1v) is 21.0. The van der Waals surface area contributed by atoms with E-state index in [-0.39, 0.29) is 28.6 Å². The normalized spacial score (nSPS) is 27.9. The molecule has 2 fully saturated rings. The average molecular weight is 712 g/mol. The van der Waals surface area contributed by atoms with Crippen LogP contribution in [-0.2, 0) is 10.8 Å². The monoisotopic (exact) mass is 711 g/mol. The summed E-state index contributed by atoms with van der Waals surface area (Å²) in [6.45, 7) is 8.00. The molecule has 0 bridgehead atoms. The zero-order chi connectivity index (χ0) is 36.5. The molecule has 2 aliphatic carbocycles. The molecule has 0 N–H and O–H groups in total. The molecule has 0 radical (unpaired) electrons. The van der Waals surface area contributed by atoms with Crippen LogP contribution in [-0.4, -0.2) is 22.4 Å². The Hall–Kier alpha value is -5.22. The molecule has 4 unspecified atom stereocenters. The van der Waals surface area contributed by atoms with Gasteiger partial charge in [0, 0.05) is 55.6 Å². The first-order valence-electron chi connectivity index (χ1n) is 21.0. The van der Waals surface area contributed by atoms with Crippen molar-refractivity contribution < 1.29 is 0 Å². The summed E-state index contributed by atoms with van der Waals surface area (Å²) in [7, 11) is 0. The fraction of sp³-hybridized carbons (Fsp3) is 0.294. The standard InChI is InChI=1S/C51H46BN3/c1-48-27-11-12-28-49(48,2)55-44-32-34(54-42-26-10-8-21-37(42)51(33-17-5-4-6-18-33)30-14-13-29-50(51,54)3)31-43-45(44)52(40-24-16-22-38(48)47(40)55)39-23-15-20-36-35-19-7-9-25-41(35)53(43)46(36)39/h4-10,15-26,31-32H,11-14,27-30H2,1-3H3. The maximum Gasteiger partial charge on any atom is 0.252 e. The van der Waals surface area contributed by atoms with E-state index >= 15 is 0 Å². The fourth-order valence-corrected chi connectivity index (χ4v) is 13.9. The number of hydrogen-bond donors (Lipinski definition) is 0. The van der Waals surface area contributed by atoms with Crippen molar-refractivity contribution in [3.8, 4) is 5.69 Å². The van der Waals surface area contributed by atoms with Gasteiger partial charge in [0.05, 0.1) is 16.6 Å². The molecule has 13 rings (SSSR count). The van der Waals surface area contributed by atoms with Crippen molar-refractivity contribution in [2.45, 2.75) is 94.0 Å². The quantitative estimate of drug-likeness (QED) is 0.165. The smallest absolute Gasteiger partial charge is 0.252 e. The second kappa shape index (κ2) is 10.1. The lowest BCUT2D eigenvalue weighted by Crippen LogP contribution is -2.64. The van der Waals surface area contributed by atoms with Crippen molar-refractivity contribution >= 4 is 67.7 Å². The van der Waals surface area contributed by atoms with Gasteiger partial charge in [-0.15, -0.1) is 0 Å². The average Bonchev–Trinajstić information content (AvgIpc) is 3.76. The molecule has 6 aromatic carbocycles. The van der Waals surface area contributed by atoms with Gasteiger partial charge in [-0.2, -0.15) is 0 Å². The Morgan fingerprint density at radius 1 is 0.527 bits per heavy atom. The first-order chi connectivity index (χ1) is 26.9. The lowest BCUT2D eigenvalue weighted by molar-refractivity contribution is 0.195. The van der Waals surface area contributed by atoms with Crippen LogP contribution in [0.3, 0.4) is 0 Å². The summed E-state index contributed by atoms with van der Waals surface area (Å²) in [4.78, 5) is 5.74. The number of para-hydroxylation sites is 4. The molecule has 4 aliphatic heterocycles. The number of fused-ring (bicyclic) bond motifs is 13. The Morgan fingerprint density at radius 2 is 1.20 bits per heavy atom. The predicted octanol–water partition coefficient (Wildman–Crippen LogP) is 10.4. The second-order valence-electron chi connectivity index (χ2n) is 18.4. The molecular weight excluding hydrogens is 665 g/mol. The van der Waals surface area contributed by atoms with Gasteiger partial charge in [-0.1, -0.05) is 136 Å². The van der Waals surface area contributed by atoms with E-state index in [0.29, 0.717) is 0 Å². The van der Waals surface area contributed by atoms with Crippen molar-refractivity contribution in [2.24, 2.45) is 0 Å². The number of nitrogens with zero attached hydrogens (tertiary/aromatic N) is 3. The minimum absolute atomic E-state index is 0.0163. The fourth-order valence-electron chi connectivity index (χ4n) is 13.9. The molecule has 2 saturated carbocycles. The highest BCUT2D eigenvalue weighted by Crippen LogP contribution is 2.65. The van der Waals surface area contributed by atoms with Crippen molar-refractivity contribution in [3.05, 3.63) is 144 Å². The van der Waals surface area contributed by atoms with Gasteiger partial charge in [-0.25, -0.2) is 0 Å². The molecule has 0 spiro atoms. The van der Waals surface area contributed by atoms with E-state index in [4.69, 9.17) is 0 Å². The molecular formula is C51H46BN3. The van der Waals surface area contributed by atoms with E-state index < -0.39 is 0 Å². The van der Waals surface area contributed by atoms with Crippen molar-refractivity contribution in [1.82, 2.24) is 4.57 Å². The number of anilines is 4. The van der Waals surface area contributed by atoms with Gasteiger partial charge in [-0.05, 0) is 96.9 Å². The van der Waals surface area contributed by atoms with Crippen molar-refractivity contribution in [1.29, 1.82) is 0 Å². The maximum absolute atomic E-state index is 2.90. The van der Waals surface area contributed by atoms with Crippen molar-refractivity contribution in [3.63, 3.8) is 0 Å². The molecule has 0 saturated heterocycles. The molecule has 3 nitrogen and oxygen atoms in total. The van der Waals surface area contributed by atoms with E-state index in [9.17, 15) is 0 Å². The van der Waals surface area contributed by atoms with Crippen LogP contribution in [0.4, 0.5) is 22.7 Å². The van der Waals surface area contributed by atoms with Gasteiger partial charge in [0.2, 0.25) is 0 Å². The lowest BCUT2D eigenvalue weighted by Gasteiger charge is -2.54. The maximum atomic E-state index is 2.90. The second-order valence-corrected chi connectivity index (χ2v) is 18.4. The van der Waals surface area contributed by atoms with Gasteiger partial charge in [0.1, 0.15) is 0 Å². The van der Waals surface area contributed by atoms with Crippen LogP contribution in [0.15, 0.2) is 127 Å². The summed E-state index contributed by atoms with van der Waals surface area (Å²) in [5.74, 6) is 0. The molecule has 7 aromatic rings. The summed E-state index contributed by atoms with van der Waals surface area (Å²) in [6, 6.07) is 49.9. The van der Waals surface area contributed by atoms with Crippen LogP contribution >= 0.6 is 0 Å². The Kier molecular flexibility index (Phi) is 5.73. The minimum atomic E-state index is -0.136. The Bertz CT molecular complexity index is 2820. The van der Waals surface area contributed by atoms with Gasteiger partial charge in [-0.3, -0.25) is 0 Å². The van der Waals surface area contributed by atoms with Crippen LogP contribution in [0.5, 0.6) is 0 Å². The van der Waals surface area contributed by atoms with Gasteiger partial charge >= 0.3 is 0 Å². The SMILES string of the molecule is CC12CCCCC1(C)N1c3cc(N4c5ccccc5C5(c6ccccc6)CCCCC45C)cc4c3B(c3cccc2c31)c1cccc2c3ccccc3n-4c12. The highest BCUT2D eigenvalue weighted by molar-refractivity contribution is 7.00. The van der Waals surface area contributed by atoms with E-state index in [1.54, 1.807) is 5.56 Å². The van der Waals surface area contributed by atoms with Crippen LogP contribution in [0.25, 0.3) is 27.5 Å². The van der Waals surface area contributed by atoms with Crippen LogP contribution in [0.2, 0.25) is 0 Å². The molecule has 4 heteroatoms. The molecule has 268 valence electrons. The third-order valence-electron chi connectivity index (χ3n) is 16.4. The summed E-state index contributed by atoms with van der Waals surface area (Å²) in [5.41, 5.74) is 18.5. The van der Waals surface area contributed by atoms with Crippen molar-refractivity contribution in [2.75, 3.05) is 9.80 Å². The summed E-state index contributed by atoms with van der Waals surface area (Å²) < 4.78 is 2.67. The summed E-state index contributed by atoms with van der Waals surface area (Å²) >= 11 is 0. The lowest BCUT2D eigenvalue weighted by atomic mass is 9.33. The summed E-state index contributed by atoms with van der Waals surface area (Å²) in [5, 5.41) is 2.71. The zero-order valence-electron chi connectivity index (χ0n) is 32.2. The topological polar surface area (TPSA) is 11.4 Å². The van der Waals surface area contributed by atoms with Gasteiger partial charge in [0.15, 0.2) is 0 Å². The highest BCUT2D eigenvalue weighted by Gasteiger charge is 2.63. The largest absolute Gasteiger partial charge is 0.335 e. The van der Waals surface area contributed by atoms with Crippen LogP contribution in [0.1, 0.15) is 88.8 Å². The van der Waals surface area contributed by atoms with E-state index in [1.165, 1.54) is 116 Å². The van der Waals surface area contributed by atoms with E-state index in [1.807, 2.05) is 0 Å².